The zero-order valence-electron chi connectivity index (χ0n) is 13.6. The second-order valence-electron chi connectivity index (χ2n) is 5.98. The predicted octanol–water partition coefficient (Wildman–Crippen LogP) is 1.59. The molecule has 1 saturated heterocycles. The van der Waals surface area contributed by atoms with Gasteiger partial charge in [0, 0.05) is 26.2 Å². The Morgan fingerprint density at radius 3 is 2.58 bits per heavy atom. The summed E-state index contributed by atoms with van der Waals surface area (Å²) in [6.45, 7) is 4.06. The summed E-state index contributed by atoms with van der Waals surface area (Å²) in [5, 5.41) is 0. The summed E-state index contributed by atoms with van der Waals surface area (Å²) in [5.41, 5.74) is -0.218. The Hall–Kier alpha value is -1.48. The fraction of sp³-hybridized carbons (Fsp3) is 0.667. The van der Waals surface area contributed by atoms with Crippen LogP contribution >= 0.6 is 0 Å². The molecule has 134 valence electrons. The zero-order valence-corrected chi connectivity index (χ0v) is 14.4. The molecule has 0 N–H and O–H groups in total. The first-order valence-corrected chi connectivity index (χ1v) is 9.80. The van der Waals surface area contributed by atoms with Gasteiger partial charge in [-0.1, -0.05) is 13.3 Å². The maximum absolute atomic E-state index is 15.0. The van der Waals surface area contributed by atoms with Gasteiger partial charge in [-0.05, 0) is 6.42 Å². The Morgan fingerprint density at radius 2 is 1.92 bits per heavy atom. The highest BCUT2D eigenvalue weighted by Crippen LogP contribution is 2.38. The van der Waals surface area contributed by atoms with E-state index < -0.39 is 26.5 Å². The van der Waals surface area contributed by atoms with Crippen LogP contribution in [0.2, 0.25) is 0 Å². The van der Waals surface area contributed by atoms with E-state index in [2.05, 4.69) is 4.98 Å². The monoisotopic (exact) mass is 361 g/mol. The highest BCUT2D eigenvalue weighted by atomic mass is 32.2. The number of anilines is 2. The van der Waals surface area contributed by atoms with E-state index in [9.17, 15) is 17.2 Å². The van der Waals surface area contributed by atoms with Crippen molar-refractivity contribution in [1.82, 2.24) is 4.98 Å². The number of pyridine rings is 1. The van der Waals surface area contributed by atoms with Crippen LogP contribution in [0.4, 0.5) is 20.3 Å². The lowest BCUT2D eigenvalue weighted by Crippen LogP contribution is -2.40. The van der Waals surface area contributed by atoms with Crippen LogP contribution in [0.3, 0.4) is 0 Å². The van der Waals surface area contributed by atoms with Gasteiger partial charge < -0.3 is 14.5 Å². The smallest absolute Gasteiger partial charge is 0.239 e. The van der Waals surface area contributed by atoms with E-state index in [4.69, 9.17) is 4.74 Å². The van der Waals surface area contributed by atoms with Crippen molar-refractivity contribution < 1.29 is 21.9 Å². The lowest BCUT2D eigenvalue weighted by molar-refractivity contribution is 0.122. The number of hydrogen-bond donors (Lipinski definition) is 0. The molecule has 0 aliphatic carbocycles. The molecule has 3 heterocycles. The number of ether oxygens (including phenoxy) is 1. The van der Waals surface area contributed by atoms with Crippen molar-refractivity contribution in [2.75, 3.05) is 54.9 Å². The third-order valence-electron chi connectivity index (χ3n) is 4.36. The Kier molecular flexibility index (Phi) is 4.91. The molecule has 0 bridgehead atoms. The van der Waals surface area contributed by atoms with E-state index in [1.807, 2.05) is 6.92 Å². The normalized spacial score (nSPS) is 20.1. The number of aromatic nitrogens is 1. The molecule has 9 heteroatoms. The first-order valence-electron chi connectivity index (χ1n) is 8.15. The van der Waals surface area contributed by atoms with Gasteiger partial charge in [0.15, 0.2) is 21.5 Å². The van der Waals surface area contributed by atoms with Crippen LogP contribution in [0.1, 0.15) is 19.8 Å². The van der Waals surface area contributed by atoms with Gasteiger partial charge in [-0.25, -0.2) is 12.8 Å². The molecule has 0 saturated carbocycles. The molecule has 24 heavy (non-hydrogen) atoms. The van der Waals surface area contributed by atoms with Gasteiger partial charge in [-0.2, -0.15) is 9.37 Å². The molecule has 1 aromatic rings. The van der Waals surface area contributed by atoms with Crippen LogP contribution < -0.4 is 9.80 Å². The Morgan fingerprint density at radius 1 is 1.21 bits per heavy atom. The standard InChI is InChI=1S/C15H21F2N3O3S/c1-2-3-4-19-7-10-24(21,22)13-11(16)15(18-14(17)12(13)19)20-5-8-23-9-6-20/h2-10H2,1H3. The van der Waals surface area contributed by atoms with E-state index in [0.29, 0.717) is 32.8 Å². The summed E-state index contributed by atoms with van der Waals surface area (Å²) in [5.74, 6) is -2.33. The molecule has 0 atom stereocenters. The molecule has 0 spiro atoms. The van der Waals surface area contributed by atoms with Crippen LogP contribution in [0.25, 0.3) is 0 Å². The minimum atomic E-state index is -3.87. The lowest BCUT2D eigenvalue weighted by atomic mass is 10.2. The Balaban J connectivity index is 2.10. The molecule has 1 aromatic heterocycles. The number of hydrogen-bond acceptors (Lipinski definition) is 6. The van der Waals surface area contributed by atoms with E-state index >= 15 is 0 Å². The van der Waals surface area contributed by atoms with Crippen LogP contribution in [0, 0.1) is 11.8 Å². The van der Waals surface area contributed by atoms with Gasteiger partial charge in [0.2, 0.25) is 5.95 Å². The quantitative estimate of drug-likeness (QED) is 0.759. The Labute approximate surface area is 140 Å². The number of nitrogens with zero attached hydrogens (tertiary/aromatic N) is 3. The molecule has 6 nitrogen and oxygen atoms in total. The van der Waals surface area contributed by atoms with Crippen LogP contribution in [-0.4, -0.2) is 58.5 Å². The molecule has 3 rings (SSSR count). The summed E-state index contributed by atoms with van der Waals surface area (Å²) in [6, 6.07) is 0. The summed E-state index contributed by atoms with van der Waals surface area (Å²) in [6.07, 6.45) is 1.65. The fourth-order valence-corrected chi connectivity index (χ4v) is 4.59. The molecule has 1 fully saturated rings. The zero-order chi connectivity index (χ0) is 17.3. The molecule has 0 radical (unpaired) electrons. The lowest BCUT2D eigenvalue weighted by Gasteiger charge is -2.33. The molecule has 0 aromatic carbocycles. The molecule has 2 aliphatic heterocycles. The van der Waals surface area contributed by atoms with Crippen molar-refractivity contribution in [2.45, 2.75) is 24.7 Å². The minimum absolute atomic E-state index is 0.157. The number of fused-ring (bicyclic) bond motifs is 1. The van der Waals surface area contributed by atoms with Gasteiger partial charge in [0.25, 0.3) is 0 Å². The molecule has 0 unspecified atom stereocenters. The van der Waals surface area contributed by atoms with Crippen molar-refractivity contribution in [1.29, 1.82) is 0 Å². The number of sulfone groups is 1. The number of unbranched alkanes of at least 4 members (excludes halogenated alkanes) is 1. The van der Waals surface area contributed by atoms with Gasteiger partial charge in [-0.3, -0.25) is 0 Å². The summed E-state index contributed by atoms with van der Waals surface area (Å²) in [4.78, 5) is 6.34. The maximum Gasteiger partial charge on any atom is 0.239 e. The van der Waals surface area contributed by atoms with Gasteiger partial charge in [0.05, 0.1) is 19.0 Å². The van der Waals surface area contributed by atoms with E-state index in [0.717, 1.165) is 12.8 Å². The average molecular weight is 361 g/mol. The summed E-state index contributed by atoms with van der Waals surface area (Å²) in [7, 11) is -3.87. The molecular weight excluding hydrogens is 340 g/mol. The average Bonchev–Trinajstić information content (AvgIpc) is 2.57. The Bertz CT molecular complexity index is 721. The first-order chi connectivity index (χ1) is 11.5. The van der Waals surface area contributed by atoms with Gasteiger partial charge in [-0.15, -0.1) is 0 Å². The summed E-state index contributed by atoms with van der Waals surface area (Å²) < 4.78 is 59.6. The number of halogens is 2. The first kappa shape index (κ1) is 17.3. The molecule has 2 aliphatic rings. The minimum Gasteiger partial charge on any atom is -0.378 e. The number of morpholine rings is 1. The SMILES string of the molecule is CCCCN1CCS(=O)(=O)c2c(F)c(N3CCOCC3)nc(F)c21. The molecular formula is C15H21F2N3O3S. The van der Waals surface area contributed by atoms with Crippen LogP contribution in [0.5, 0.6) is 0 Å². The maximum atomic E-state index is 15.0. The number of rotatable bonds is 4. The second kappa shape index (κ2) is 6.79. The van der Waals surface area contributed by atoms with E-state index in [-0.39, 0.29) is 23.8 Å². The predicted molar refractivity (Wildman–Crippen MR) is 86.4 cm³/mol. The third kappa shape index (κ3) is 3.06. The van der Waals surface area contributed by atoms with Crippen molar-refractivity contribution in [3.63, 3.8) is 0 Å². The topological polar surface area (TPSA) is 62.7 Å². The second-order valence-corrected chi connectivity index (χ2v) is 8.02. The van der Waals surface area contributed by atoms with Gasteiger partial charge in [0.1, 0.15) is 10.6 Å². The summed E-state index contributed by atoms with van der Waals surface area (Å²) >= 11 is 0. The van der Waals surface area contributed by atoms with Crippen LogP contribution in [-0.2, 0) is 14.6 Å². The van der Waals surface area contributed by atoms with Crippen molar-refractivity contribution in [2.24, 2.45) is 0 Å². The highest BCUT2D eigenvalue weighted by molar-refractivity contribution is 7.91. The van der Waals surface area contributed by atoms with E-state index in [1.165, 1.54) is 4.90 Å². The van der Waals surface area contributed by atoms with Crippen LogP contribution in [0.15, 0.2) is 4.90 Å². The largest absolute Gasteiger partial charge is 0.378 e. The van der Waals surface area contributed by atoms with Crippen molar-refractivity contribution >= 4 is 21.3 Å². The van der Waals surface area contributed by atoms with Gasteiger partial charge >= 0.3 is 0 Å². The van der Waals surface area contributed by atoms with Crippen molar-refractivity contribution in [3.05, 3.63) is 11.8 Å². The molecule has 0 amide bonds. The third-order valence-corrected chi connectivity index (χ3v) is 6.07. The van der Waals surface area contributed by atoms with E-state index in [1.54, 1.807) is 4.90 Å². The van der Waals surface area contributed by atoms with Crippen molar-refractivity contribution in [3.8, 4) is 0 Å². The fourth-order valence-electron chi connectivity index (χ4n) is 3.05. The highest BCUT2D eigenvalue weighted by Gasteiger charge is 2.37.